The number of nitrogens with zero attached hydrogens (tertiary/aromatic N) is 3. The monoisotopic (exact) mass is 335 g/mol. The first-order chi connectivity index (χ1) is 11.1. The van der Waals surface area contributed by atoms with E-state index in [0.717, 1.165) is 47.0 Å². The zero-order valence-electron chi connectivity index (χ0n) is 13.6. The zero-order valence-corrected chi connectivity index (χ0v) is 14.4. The van der Waals surface area contributed by atoms with E-state index in [1.54, 1.807) is 25.5 Å². The molecule has 1 saturated heterocycles. The van der Waals surface area contributed by atoms with Crippen LogP contribution in [0.1, 0.15) is 12.8 Å². The molecule has 0 bridgehead atoms. The molecule has 1 aliphatic heterocycles. The summed E-state index contributed by atoms with van der Waals surface area (Å²) in [5.41, 5.74) is 0.989. The largest absolute Gasteiger partial charge is 0.497 e. The van der Waals surface area contributed by atoms with E-state index in [4.69, 9.17) is 14.6 Å². The van der Waals surface area contributed by atoms with E-state index in [-0.39, 0.29) is 11.8 Å². The molecule has 6 nitrogen and oxygen atoms in total. The lowest BCUT2D eigenvalue weighted by Gasteiger charge is -2.32. The molecule has 0 saturated carbocycles. The van der Waals surface area contributed by atoms with E-state index in [2.05, 4.69) is 4.90 Å². The van der Waals surface area contributed by atoms with Crippen LogP contribution in [0.5, 0.6) is 5.75 Å². The summed E-state index contributed by atoms with van der Waals surface area (Å²) in [6.07, 6.45) is 1.65. The van der Waals surface area contributed by atoms with E-state index in [1.807, 2.05) is 18.2 Å². The molecule has 124 valence electrons. The quantitative estimate of drug-likeness (QED) is 0.804. The predicted molar refractivity (Wildman–Crippen MR) is 90.9 cm³/mol. The highest BCUT2D eigenvalue weighted by atomic mass is 32.1. The van der Waals surface area contributed by atoms with Gasteiger partial charge >= 0.3 is 0 Å². The average Bonchev–Trinajstić information content (AvgIpc) is 3.03. The molecule has 7 heteroatoms. The molecule has 1 fully saturated rings. The van der Waals surface area contributed by atoms with Crippen LogP contribution >= 0.6 is 11.3 Å². The molecule has 1 aromatic carbocycles. The van der Waals surface area contributed by atoms with Crippen LogP contribution in [0.4, 0.5) is 5.13 Å². The Balaban J connectivity index is 1.69. The van der Waals surface area contributed by atoms with E-state index < -0.39 is 0 Å². The fourth-order valence-electron chi connectivity index (χ4n) is 2.82. The zero-order chi connectivity index (χ0) is 16.4. The van der Waals surface area contributed by atoms with Gasteiger partial charge in [-0.2, -0.15) is 0 Å². The second kappa shape index (κ2) is 6.72. The second-order valence-electron chi connectivity index (χ2n) is 5.61. The number of anilines is 1. The van der Waals surface area contributed by atoms with Gasteiger partial charge in [0.25, 0.3) is 0 Å². The lowest BCUT2D eigenvalue weighted by Crippen LogP contribution is -2.40. The Labute approximate surface area is 139 Å². The van der Waals surface area contributed by atoms with E-state index in [0.29, 0.717) is 0 Å². The summed E-state index contributed by atoms with van der Waals surface area (Å²) in [7, 11) is 4.85. The number of piperidine rings is 1. The normalized spacial score (nSPS) is 15.9. The fraction of sp³-hybridized carbons (Fsp3) is 0.500. The maximum Gasteiger partial charge on any atom is 0.249 e. The predicted octanol–water partition coefficient (Wildman–Crippen LogP) is 2.54. The molecule has 0 radical (unpaired) electrons. The molecular formula is C16H21N3O3S. The van der Waals surface area contributed by atoms with Crippen molar-refractivity contribution >= 4 is 32.6 Å². The molecule has 3 rings (SSSR count). The molecule has 2 aromatic rings. The number of aromatic nitrogens is 1. The maximum absolute atomic E-state index is 12.1. The van der Waals surface area contributed by atoms with Crippen LogP contribution in [0.25, 0.3) is 10.2 Å². The Morgan fingerprint density at radius 2 is 2.09 bits per heavy atom. The van der Waals surface area contributed by atoms with Crippen molar-refractivity contribution in [2.24, 2.45) is 5.92 Å². The number of ether oxygens (including phenoxy) is 1. The number of amides is 1. The second-order valence-corrected chi connectivity index (χ2v) is 6.62. The third-order valence-corrected chi connectivity index (χ3v) is 5.36. The van der Waals surface area contributed by atoms with Gasteiger partial charge in [-0.05, 0) is 31.0 Å². The van der Waals surface area contributed by atoms with Crippen LogP contribution in [0.15, 0.2) is 18.2 Å². The minimum absolute atomic E-state index is 0.0330. The van der Waals surface area contributed by atoms with Gasteiger partial charge in [0.1, 0.15) is 5.75 Å². The molecule has 1 aliphatic rings. The highest BCUT2D eigenvalue weighted by molar-refractivity contribution is 7.22. The molecule has 23 heavy (non-hydrogen) atoms. The summed E-state index contributed by atoms with van der Waals surface area (Å²) < 4.78 is 6.38. The number of thiazole rings is 1. The lowest BCUT2D eigenvalue weighted by molar-refractivity contribution is -0.174. The number of hydroxylamine groups is 2. The summed E-state index contributed by atoms with van der Waals surface area (Å²) in [6, 6.07) is 5.93. The number of rotatable bonds is 4. The van der Waals surface area contributed by atoms with Crippen LogP contribution in [0.3, 0.4) is 0 Å². The van der Waals surface area contributed by atoms with E-state index in [9.17, 15) is 4.79 Å². The van der Waals surface area contributed by atoms with Crippen molar-refractivity contribution in [1.29, 1.82) is 0 Å². The summed E-state index contributed by atoms with van der Waals surface area (Å²) >= 11 is 1.67. The standard InChI is InChI=1S/C16H21N3O3S/c1-18(22-3)15(20)11-6-8-19(9-7-11)16-17-13-5-4-12(21-2)10-14(13)23-16/h4-5,10-11H,6-9H2,1-3H3. The first-order valence-electron chi connectivity index (χ1n) is 7.63. The van der Waals surface area contributed by atoms with Crippen LogP contribution < -0.4 is 9.64 Å². The number of methoxy groups -OCH3 is 1. The van der Waals surface area contributed by atoms with Gasteiger partial charge in [0.15, 0.2) is 5.13 Å². The van der Waals surface area contributed by atoms with Crippen molar-refractivity contribution in [3.05, 3.63) is 18.2 Å². The minimum Gasteiger partial charge on any atom is -0.497 e. The van der Waals surface area contributed by atoms with E-state index >= 15 is 0 Å². The number of carbonyl (C=O) groups is 1. The molecule has 0 N–H and O–H groups in total. The number of carbonyl (C=O) groups excluding carboxylic acids is 1. The van der Waals surface area contributed by atoms with Crippen LogP contribution in [0, 0.1) is 5.92 Å². The molecular weight excluding hydrogens is 314 g/mol. The first kappa shape index (κ1) is 16.0. The van der Waals surface area contributed by atoms with E-state index in [1.165, 1.54) is 12.2 Å². The summed E-state index contributed by atoms with van der Waals surface area (Å²) in [5.74, 6) is 0.937. The SMILES string of the molecule is COc1ccc2nc(N3CCC(C(=O)N(C)OC)CC3)sc2c1. The lowest BCUT2D eigenvalue weighted by atomic mass is 9.96. The molecule has 0 unspecified atom stereocenters. The van der Waals surface area contributed by atoms with Gasteiger partial charge in [-0.25, -0.2) is 10.0 Å². The summed E-state index contributed by atoms with van der Waals surface area (Å²) in [5, 5.41) is 2.34. The maximum atomic E-state index is 12.1. The molecule has 1 aromatic heterocycles. The Morgan fingerprint density at radius 1 is 1.35 bits per heavy atom. The Kier molecular flexibility index (Phi) is 4.68. The van der Waals surface area contributed by atoms with Crippen LogP contribution in [-0.2, 0) is 9.63 Å². The molecule has 0 atom stereocenters. The third kappa shape index (κ3) is 3.25. The summed E-state index contributed by atoms with van der Waals surface area (Å²) in [4.78, 5) is 24.1. The number of hydrogen-bond acceptors (Lipinski definition) is 6. The highest BCUT2D eigenvalue weighted by Crippen LogP contribution is 2.33. The van der Waals surface area contributed by atoms with Gasteiger partial charge in [0.2, 0.25) is 5.91 Å². The van der Waals surface area contributed by atoms with Gasteiger partial charge < -0.3 is 9.64 Å². The number of hydrogen-bond donors (Lipinski definition) is 0. The Bertz CT molecular complexity index is 695. The van der Waals surface area contributed by atoms with Crippen molar-refractivity contribution in [1.82, 2.24) is 10.0 Å². The number of fused-ring (bicyclic) bond motifs is 1. The van der Waals surface area contributed by atoms with Crippen molar-refractivity contribution in [3.8, 4) is 5.75 Å². The van der Waals surface area contributed by atoms with Crippen LogP contribution in [0.2, 0.25) is 0 Å². The van der Waals surface area contributed by atoms with Crippen molar-refractivity contribution in [2.45, 2.75) is 12.8 Å². The molecule has 2 heterocycles. The van der Waals surface area contributed by atoms with Crippen molar-refractivity contribution in [3.63, 3.8) is 0 Å². The average molecular weight is 335 g/mol. The van der Waals surface area contributed by atoms with Gasteiger partial charge in [0.05, 0.1) is 24.4 Å². The summed E-state index contributed by atoms with van der Waals surface area (Å²) in [6.45, 7) is 1.68. The molecule has 1 amide bonds. The van der Waals surface area contributed by atoms with Gasteiger partial charge in [-0.3, -0.25) is 9.63 Å². The first-order valence-corrected chi connectivity index (χ1v) is 8.45. The van der Waals surface area contributed by atoms with Gasteiger partial charge in [-0.15, -0.1) is 0 Å². The molecule has 0 aliphatic carbocycles. The highest BCUT2D eigenvalue weighted by Gasteiger charge is 2.28. The minimum atomic E-state index is 0.0330. The van der Waals surface area contributed by atoms with Crippen molar-refractivity contribution < 1.29 is 14.4 Å². The Hall–Kier alpha value is -1.86. The van der Waals surface area contributed by atoms with Crippen molar-refractivity contribution in [2.75, 3.05) is 39.3 Å². The van der Waals surface area contributed by atoms with Gasteiger partial charge in [0, 0.05) is 26.1 Å². The fourth-order valence-corrected chi connectivity index (χ4v) is 3.87. The third-order valence-electron chi connectivity index (χ3n) is 4.28. The Morgan fingerprint density at radius 3 is 2.74 bits per heavy atom. The topological polar surface area (TPSA) is 54.9 Å². The van der Waals surface area contributed by atoms with Gasteiger partial charge in [-0.1, -0.05) is 11.3 Å². The van der Waals surface area contributed by atoms with Crippen LogP contribution in [-0.4, -0.2) is 50.3 Å². The molecule has 0 spiro atoms. The number of benzene rings is 1. The smallest absolute Gasteiger partial charge is 0.249 e.